The van der Waals surface area contributed by atoms with Gasteiger partial charge in [-0.3, -0.25) is 0 Å². The third-order valence-corrected chi connectivity index (χ3v) is 4.03. The molecule has 2 rings (SSSR count). The minimum Gasteiger partial charge on any atom is -0.316 e. The largest absolute Gasteiger partial charge is 0.316 e. The summed E-state index contributed by atoms with van der Waals surface area (Å²) in [5.74, 6) is 0.899. The fourth-order valence-electron chi connectivity index (χ4n) is 1.51. The van der Waals surface area contributed by atoms with Crippen molar-refractivity contribution in [3.63, 3.8) is 0 Å². The molecule has 0 fully saturated rings. The summed E-state index contributed by atoms with van der Waals surface area (Å²) in [5, 5.41) is 12.9. The van der Waals surface area contributed by atoms with Crippen molar-refractivity contribution in [1.29, 1.82) is 0 Å². The number of benzene rings is 1. The maximum atomic E-state index is 6.22. The van der Waals surface area contributed by atoms with Gasteiger partial charge in [0.05, 0.1) is 0 Å². The van der Waals surface area contributed by atoms with E-state index in [0.717, 1.165) is 33.0 Å². The summed E-state index contributed by atoms with van der Waals surface area (Å²) in [6.07, 6.45) is 0. The summed E-state index contributed by atoms with van der Waals surface area (Å²) in [6.45, 7) is 2.70. The van der Waals surface area contributed by atoms with E-state index in [0.29, 0.717) is 0 Å². The highest BCUT2D eigenvalue weighted by Gasteiger charge is 2.08. The first-order valence-electron chi connectivity index (χ1n) is 5.58. The molecule has 0 aliphatic carbocycles. The molecular formula is C12H15ClN4S. The molecule has 1 heterocycles. The third kappa shape index (κ3) is 2.85. The molecule has 0 amide bonds. The first-order valence-corrected chi connectivity index (χ1v) is 6.78. The van der Waals surface area contributed by atoms with Gasteiger partial charge in [-0.25, -0.2) is 0 Å². The predicted octanol–water partition coefficient (Wildman–Crippen LogP) is 2.65. The van der Waals surface area contributed by atoms with Gasteiger partial charge in [0.2, 0.25) is 0 Å². The number of rotatable bonds is 4. The van der Waals surface area contributed by atoms with Crippen molar-refractivity contribution in [3.05, 3.63) is 34.6 Å². The standard InChI is InChI=1S/C12H15ClN4S/c1-8-15-16-12(17(8)3)18-10-5-4-9(7-14-2)11(13)6-10/h4-6,14H,7H2,1-3H3. The van der Waals surface area contributed by atoms with E-state index in [1.165, 1.54) is 0 Å². The summed E-state index contributed by atoms with van der Waals surface area (Å²) in [5.41, 5.74) is 1.10. The smallest absolute Gasteiger partial charge is 0.195 e. The molecule has 0 bridgehead atoms. The normalized spacial score (nSPS) is 10.9. The van der Waals surface area contributed by atoms with Gasteiger partial charge >= 0.3 is 0 Å². The van der Waals surface area contributed by atoms with Gasteiger partial charge in [0.1, 0.15) is 5.82 Å². The Bertz CT molecular complexity index is 553. The second kappa shape index (κ2) is 5.73. The minimum atomic E-state index is 0.771. The van der Waals surface area contributed by atoms with Gasteiger partial charge in [-0.1, -0.05) is 17.7 Å². The van der Waals surface area contributed by atoms with E-state index in [-0.39, 0.29) is 0 Å². The number of halogens is 1. The highest BCUT2D eigenvalue weighted by molar-refractivity contribution is 7.99. The first kappa shape index (κ1) is 13.4. The van der Waals surface area contributed by atoms with Crippen LogP contribution in [0.3, 0.4) is 0 Å². The van der Waals surface area contributed by atoms with E-state index in [1.807, 2.05) is 43.8 Å². The second-order valence-corrected chi connectivity index (χ2v) is 5.42. The lowest BCUT2D eigenvalue weighted by molar-refractivity contribution is 0.765. The molecule has 6 heteroatoms. The summed E-state index contributed by atoms with van der Waals surface area (Å²) in [4.78, 5) is 1.07. The SMILES string of the molecule is CNCc1ccc(Sc2nnc(C)n2C)cc1Cl. The van der Waals surface area contributed by atoms with E-state index < -0.39 is 0 Å². The van der Waals surface area contributed by atoms with E-state index in [1.54, 1.807) is 11.8 Å². The van der Waals surface area contributed by atoms with Gasteiger partial charge < -0.3 is 9.88 Å². The third-order valence-electron chi connectivity index (χ3n) is 2.65. The summed E-state index contributed by atoms with van der Waals surface area (Å²) >= 11 is 7.78. The molecular weight excluding hydrogens is 268 g/mol. The maximum Gasteiger partial charge on any atom is 0.195 e. The van der Waals surface area contributed by atoms with E-state index in [9.17, 15) is 0 Å². The minimum absolute atomic E-state index is 0.771. The molecule has 0 atom stereocenters. The Morgan fingerprint density at radius 2 is 2.17 bits per heavy atom. The van der Waals surface area contributed by atoms with Crippen LogP contribution in [-0.2, 0) is 13.6 Å². The molecule has 0 spiro atoms. The number of nitrogens with one attached hydrogen (secondary N) is 1. The number of aryl methyl sites for hydroxylation is 1. The van der Waals surface area contributed by atoms with Gasteiger partial charge in [0, 0.05) is 23.5 Å². The lowest BCUT2D eigenvalue weighted by Gasteiger charge is -2.06. The highest BCUT2D eigenvalue weighted by atomic mass is 35.5. The molecule has 96 valence electrons. The van der Waals surface area contributed by atoms with Crippen molar-refractivity contribution in [2.24, 2.45) is 7.05 Å². The zero-order valence-electron chi connectivity index (χ0n) is 10.6. The zero-order valence-corrected chi connectivity index (χ0v) is 12.1. The number of hydrogen-bond acceptors (Lipinski definition) is 4. The molecule has 1 aromatic carbocycles. The summed E-state index contributed by atoms with van der Waals surface area (Å²) in [7, 11) is 3.86. The molecule has 1 N–H and O–H groups in total. The average molecular weight is 283 g/mol. The fraction of sp³-hybridized carbons (Fsp3) is 0.333. The van der Waals surface area contributed by atoms with Gasteiger partial charge in [-0.15, -0.1) is 10.2 Å². The lowest BCUT2D eigenvalue weighted by atomic mass is 10.2. The van der Waals surface area contributed by atoms with E-state index in [2.05, 4.69) is 15.5 Å². The number of hydrogen-bond donors (Lipinski definition) is 1. The van der Waals surface area contributed by atoms with Crippen LogP contribution in [0.1, 0.15) is 11.4 Å². The highest BCUT2D eigenvalue weighted by Crippen LogP contribution is 2.29. The van der Waals surface area contributed by atoms with Crippen LogP contribution in [-0.4, -0.2) is 21.8 Å². The Morgan fingerprint density at radius 1 is 1.39 bits per heavy atom. The summed E-state index contributed by atoms with van der Waals surface area (Å²) in [6, 6.07) is 6.04. The van der Waals surface area contributed by atoms with Crippen molar-refractivity contribution in [2.75, 3.05) is 7.05 Å². The van der Waals surface area contributed by atoms with Gasteiger partial charge in [-0.05, 0) is 43.4 Å². The second-order valence-electron chi connectivity index (χ2n) is 3.97. The van der Waals surface area contributed by atoms with Crippen molar-refractivity contribution < 1.29 is 0 Å². The average Bonchev–Trinajstić information content (AvgIpc) is 2.65. The molecule has 2 aromatic rings. The molecule has 18 heavy (non-hydrogen) atoms. The van der Waals surface area contributed by atoms with Crippen LogP contribution >= 0.6 is 23.4 Å². The lowest BCUT2D eigenvalue weighted by Crippen LogP contribution is -2.05. The molecule has 0 radical (unpaired) electrons. The van der Waals surface area contributed by atoms with Crippen LogP contribution in [0.15, 0.2) is 28.3 Å². The van der Waals surface area contributed by atoms with E-state index >= 15 is 0 Å². The van der Waals surface area contributed by atoms with Crippen molar-refractivity contribution in [1.82, 2.24) is 20.1 Å². The monoisotopic (exact) mass is 282 g/mol. The zero-order chi connectivity index (χ0) is 13.1. The molecule has 4 nitrogen and oxygen atoms in total. The van der Waals surface area contributed by atoms with Gasteiger partial charge in [0.15, 0.2) is 5.16 Å². The van der Waals surface area contributed by atoms with Crippen LogP contribution < -0.4 is 5.32 Å². The van der Waals surface area contributed by atoms with Crippen LogP contribution in [0.25, 0.3) is 0 Å². The molecule has 0 unspecified atom stereocenters. The van der Waals surface area contributed by atoms with Crippen molar-refractivity contribution in [3.8, 4) is 0 Å². The maximum absolute atomic E-state index is 6.22. The Balaban J connectivity index is 2.20. The van der Waals surface area contributed by atoms with Crippen LogP contribution in [0, 0.1) is 6.92 Å². The Morgan fingerprint density at radius 3 is 2.72 bits per heavy atom. The Kier molecular flexibility index (Phi) is 4.27. The van der Waals surface area contributed by atoms with Crippen LogP contribution in [0.2, 0.25) is 5.02 Å². The Labute approximate surface area is 116 Å². The molecule has 0 aliphatic heterocycles. The summed E-state index contributed by atoms with van der Waals surface area (Å²) < 4.78 is 1.96. The quantitative estimate of drug-likeness (QED) is 0.936. The van der Waals surface area contributed by atoms with Gasteiger partial charge in [-0.2, -0.15) is 0 Å². The van der Waals surface area contributed by atoms with Crippen molar-refractivity contribution in [2.45, 2.75) is 23.5 Å². The molecule has 1 aromatic heterocycles. The van der Waals surface area contributed by atoms with Crippen LogP contribution in [0.5, 0.6) is 0 Å². The first-order chi connectivity index (χ1) is 8.61. The predicted molar refractivity (Wildman–Crippen MR) is 74.1 cm³/mol. The number of aromatic nitrogens is 3. The van der Waals surface area contributed by atoms with Crippen molar-refractivity contribution >= 4 is 23.4 Å². The molecule has 0 saturated heterocycles. The fourth-order valence-corrected chi connectivity index (χ4v) is 2.69. The number of nitrogens with zero attached hydrogens (tertiary/aromatic N) is 3. The topological polar surface area (TPSA) is 42.7 Å². The molecule has 0 saturated carbocycles. The Hall–Kier alpha value is -1.04. The van der Waals surface area contributed by atoms with Crippen LogP contribution in [0.4, 0.5) is 0 Å². The molecule has 0 aliphatic rings. The van der Waals surface area contributed by atoms with Gasteiger partial charge in [0.25, 0.3) is 0 Å². The van der Waals surface area contributed by atoms with E-state index in [4.69, 9.17) is 11.6 Å².